The van der Waals surface area contributed by atoms with Crippen LogP contribution >= 0.6 is 11.6 Å². The third kappa shape index (κ3) is 1.79. The quantitative estimate of drug-likeness (QED) is 0.627. The molecular weight excluding hydrogens is 285 g/mol. The number of halogens is 2. The van der Waals surface area contributed by atoms with Crippen LogP contribution in [0.15, 0.2) is 18.2 Å². The molecule has 2 amide bonds. The second-order valence-corrected chi connectivity index (χ2v) is 4.94. The van der Waals surface area contributed by atoms with Crippen molar-refractivity contribution in [2.24, 2.45) is 0 Å². The van der Waals surface area contributed by atoms with E-state index in [-0.39, 0.29) is 24.1 Å². The Bertz CT molecular complexity index is 728. The Hall–Kier alpha value is -1.95. The number of likely N-dealkylation sites (N-methyl/N-ethyl adjacent to an activating group) is 1. The van der Waals surface area contributed by atoms with Crippen molar-refractivity contribution in [3.63, 3.8) is 0 Å². The molecule has 0 radical (unpaired) electrons. The number of nitrogens with zero attached hydrogens (tertiary/aromatic N) is 3. The number of imidazole rings is 1. The van der Waals surface area contributed by atoms with Gasteiger partial charge >= 0.3 is 0 Å². The first-order valence-corrected chi connectivity index (χ1v) is 6.59. The zero-order valence-corrected chi connectivity index (χ0v) is 11.4. The highest BCUT2D eigenvalue weighted by atomic mass is 35.5. The molecule has 104 valence electrons. The molecule has 0 aliphatic carbocycles. The van der Waals surface area contributed by atoms with Crippen LogP contribution in [0, 0.1) is 5.82 Å². The Kier molecular flexibility index (Phi) is 2.97. The van der Waals surface area contributed by atoms with E-state index in [0.29, 0.717) is 16.9 Å². The Morgan fingerprint density at radius 2 is 2.20 bits per heavy atom. The predicted octanol–water partition coefficient (Wildman–Crippen LogP) is 1.84. The van der Waals surface area contributed by atoms with E-state index in [0.717, 1.165) is 4.90 Å². The SMILES string of the molecule is CN1C(=O)CC(n2c(CCl)nc3ccc(F)cc32)C1=O. The van der Waals surface area contributed by atoms with Crippen molar-refractivity contribution in [3.05, 3.63) is 29.8 Å². The molecule has 2 heterocycles. The molecule has 0 N–H and O–H groups in total. The molecule has 1 aliphatic rings. The van der Waals surface area contributed by atoms with E-state index in [1.54, 1.807) is 4.57 Å². The number of rotatable bonds is 2. The average Bonchev–Trinajstić information content (AvgIpc) is 2.91. The van der Waals surface area contributed by atoms with Crippen molar-refractivity contribution in [1.82, 2.24) is 14.5 Å². The van der Waals surface area contributed by atoms with E-state index in [2.05, 4.69) is 4.98 Å². The van der Waals surface area contributed by atoms with E-state index in [4.69, 9.17) is 11.6 Å². The molecule has 7 heteroatoms. The molecule has 5 nitrogen and oxygen atoms in total. The van der Waals surface area contributed by atoms with E-state index in [1.165, 1.54) is 25.2 Å². The minimum atomic E-state index is -0.701. The molecule has 1 aromatic carbocycles. The number of hydrogen-bond donors (Lipinski definition) is 0. The summed E-state index contributed by atoms with van der Waals surface area (Å²) in [5, 5.41) is 0. The van der Waals surface area contributed by atoms with Crippen LogP contribution in [-0.4, -0.2) is 33.3 Å². The summed E-state index contributed by atoms with van der Waals surface area (Å²) in [6.07, 6.45) is 0.0429. The van der Waals surface area contributed by atoms with Gasteiger partial charge in [-0.05, 0) is 18.2 Å². The van der Waals surface area contributed by atoms with Gasteiger partial charge in [0, 0.05) is 7.05 Å². The lowest BCUT2D eigenvalue weighted by molar-refractivity contribution is -0.137. The number of amides is 2. The fourth-order valence-corrected chi connectivity index (χ4v) is 2.68. The van der Waals surface area contributed by atoms with E-state index < -0.39 is 11.9 Å². The van der Waals surface area contributed by atoms with Gasteiger partial charge in [-0.2, -0.15) is 0 Å². The highest BCUT2D eigenvalue weighted by Crippen LogP contribution is 2.30. The Balaban J connectivity index is 2.22. The number of carbonyl (C=O) groups excluding carboxylic acids is 2. The van der Waals surface area contributed by atoms with Gasteiger partial charge in [0.2, 0.25) is 5.91 Å². The van der Waals surface area contributed by atoms with Gasteiger partial charge in [-0.25, -0.2) is 9.37 Å². The molecule has 1 atom stereocenters. The van der Waals surface area contributed by atoms with E-state index >= 15 is 0 Å². The molecule has 1 aromatic heterocycles. The van der Waals surface area contributed by atoms with Crippen molar-refractivity contribution >= 4 is 34.4 Å². The maximum absolute atomic E-state index is 13.4. The summed E-state index contributed by atoms with van der Waals surface area (Å²) in [5.74, 6) is -0.486. The van der Waals surface area contributed by atoms with Gasteiger partial charge in [0.1, 0.15) is 17.7 Å². The van der Waals surface area contributed by atoms with Crippen LogP contribution in [0.3, 0.4) is 0 Å². The fraction of sp³-hybridized carbons (Fsp3) is 0.308. The van der Waals surface area contributed by atoms with Gasteiger partial charge < -0.3 is 4.57 Å². The minimum absolute atomic E-state index is 0.0429. The van der Waals surface area contributed by atoms with Crippen LogP contribution in [0.4, 0.5) is 4.39 Å². The molecule has 0 spiro atoms. The van der Waals surface area contributed by atoms with Crippen LogP contribution < -0.4 is 0 Å². The summed E-state index contributed by atoms with van der Waals surface area (Å²) >= 11 is 5.86. The number of likely N-dealkylation sites (tertiary alicyclic amines) is 1. The lowest BCUT2D eigenvalue weighted by Gasteiger charge is -2.14. The number of hydrogen-bond acceptors (Lipinski definition) is 3. The first-order chi connectivity index (χ1) is 9.52. The smallest absolute Gasteiger partial charge is 0.252 e. The van der Waals surface area contributed by atoms with E-state index in [1.807, 2.05) is 0 Å². The molecule has 1 fully saturated rings. The Morgan fingerprint density at radius 1 is 1.45 bits per heavy atom. The number of imide groups is 1. The number of carbonyl (C=O) groups is 2. The first-order valence-electron chi connectivity index (χ1n) is 6.05. The van der Waals surface area contributed by atoms with Gasteiger partial charge in [-0.3, -0.25) is 14.5 Å². The van der Waals surface area contributed by atoms with Gasteiger partial charge in [0.25, 0.3) is 5.91 Å². The molecule has 3 rings (SSSR count). The van der Waals surface area contributed by atoms with Crippen molar-refractivity contribution in [2.75, 3.05) is 7.05 Å². The van der Waals surface area contributed by atoms with Gasteiger partial charge in [0.05, 0.1) is 23.3 Å². The lowest BCUT2D eigenvalue weighted by Crippen LogP contribution is -2.27. The monoisotopic (exact) mass is 295 g/mol. The molecule has 0 saturated carbocycles. The molecule has 0 bridgehead atoms. The van der Waals surface area contributed by atoms with Crippen LogP contribution in [-0.2, 0) is 15.5 Å². The Morgan fingerprint density at radius 3 is 2.80 bits per heavy atom. The normalized spacial score (nSPS) is 19.4. The Labute approximate surface area is 118 Å². The van der Waals surface area contributed by atoms with Crippen molar-refractivity contribution < 1.29 is 14.0 Å². The zero-order chi connectivity index (χ0) is 14.4. The summed E-state index contributed by atoms with van der Waals surface area (Å²) in [6, 6.07) is 3.43. The topological polar surface area (TPSA) is 55.2 Å². The molecule has 2 aromatic rings. The predicted molar refractivity (Wildman–Crippen MR) is 70.7 cm³/mol. The van der Waals surface area contributed by atoms with Gasteiger partial charge in [0.15, 0.2) is 0 Å². The minimum Gasteiger partial charge on any atom is -0.314 e. The van der Waals surface area contributed by atoms with Crippen molar-refractivity contribution in [2.45, 2.75) is 18.3 Å². The number of fused-ring (bicyclic) bond motifs is 1. The zero-order valence-electron chi connectivity index (χ0n) is 10.6. The molecule has 1 saturated heterocycles. The second kappa shape index (κ2) is 4.56. The third-order valence-electron chi connectivity index (χ3n) is 3.51. The van der Waals surface area contributed by atoms with Crippen LogP contribution in [0.5, 0.6) is 0 Å². The standard InChI is InChI=1S/C13H11ClFN3O2/c1-17-12(19)5-10(13(17)20)18-9-4-7(15)2-3-8(9)16-11(18)6-14/h2-4,10H,5-6H2,1H3. The largest absolute Gasteiger partial charge is 0.314 e. The molecule has 1 aliphatic heterocycles. The maximum atomic E-state index is 13.4. The number of alkyl halides is 1. The van der Waals surface area contributed by atoms with Crippen molar-refractivity contribution in [1.29, 1.82) is 0 Å². The van der Waals surface area contributed by atoms with Crippen LogP contribution in [0.1, 0.15) is 18.3 Å². The fourth-order valence-electron chi connectivity index (χ4n) is 2.50. The van der Waals surface area contributed by atoms with E-state index in [9.17, 15) is 14.0 Å². The maximum Gasteiger partial charge on any atom is 0.252 e. The molecular formula is C13H11ClFN3O2. The van der Waals surface area contributed by atoms with Crippen LogP contribution in [0.25, 0.3) is 11.0 Å². The molecule has 1 unspecified atom stereocenters. The summed E-state index contributed by atoms with van der Waals surface area (Å²) in [4.78, 5) is 29.1. The van der Waals surface area contributed by atoms with Gasteiger partial charge in [-0.1, -0.05) is 0 Å². The summed E-state index contributed by atoms with van der Waals surface area (Å²) in [5.41, 5.74) is 1.03. The molecule has 20 heavy (non-hydrogen) atoms. The first kappa shape index (κ1) is 13.1. The number of aromatic nitrogens is 2. The third-order valence-corrected chi connectivity index (χ3v) is 3.75. The average molecular weight is 296 g/mol. The highest BCUT2D eigenvalue weighted by molar-refractivity contribution is 6.17. The second-order valence-electron chi connectivity index (χ2n) is 4.68. The lowest BCUT2D eigenvalue weighted by atomic mass is 10.2. The summed E-state index contributed by atoms with van der Waals surface area (Å²) in [6.45, 7) is 0. The summed E-state index contributed by atoms with van der Waals surface area (Å²) in [7, 11) is 1.44. The van der Waals surface area contributed by atoms with Crippen molar-refractivity contribution in [3.8, 4) is 0 Å². The number of benzene rings is 1. The van der Waals surface area contributed by atoms with Crippen LogP contribution in [0.2, 0.25) is 0 Å². The van der Waals surface area contributed by atoms with Gasteiger partial charge in [-0.15, -0.1) is 11.6 Å². The highest BCUT2D eigenvalue weighted by Gasteiger charge is 2.39. The summed E-state index contributed by atoms with van der Waals surface area (Å²) < 4.78 is 15.0.